The van der Waals surface area contributed by atoms with Crippen LogP contribution >= 0.6 is 15.9 Å². The third-order valence-corrected chi connectivity index (χ3v) is 1.92. The van der Waals surface area contributed by atoms with E-state index in [1.165, 1.54) is 0 Å². The Morgan fingerprint density at radius 3 is 3.00 bits per heavy atom. The van der Waals surface area contributed by atoms with Gasteiger partial charge in [-0.3, -0.25) is 0 Å². The first-order chi connectivity index (χ1) is 5.75. The van der Waals surface area contributed by atoms with E-state index >= 15 is 0 Å². The highest BCUT2D eigenvalue weighted by atomic mass is 79.9. The number of halogens is 1. The van der Waals surface area contributed by atoms with E-state index in [2.05, 4.69) is 25.9 Å². The van der Waals surface area contributed by atoms with Crippen LogP contribution < -0.4 is 0 Å². The molecule has 1 aromatic heterocycles. The number of rotatable bonds is 0. The van der Waals surface area contributed by atoms with Crippen LogP contribution in [0.5, 0.6) is 5.75 Å². The lowest BCUT2D eigenvalue weighted by Gasteiger charge is -1.96. The molecule has 4 heteroatoms. The molecule has 0 radical (unpaired) electrons. The summed E-state index contributed by atoms with van der Waals surface area (Å²) in [4.78, 5) is 8.04. The van der Waals surface area contributed by atoms with Crippen molar-refractivity contribution in [2.24, 2.45) is 0 Å². The van der Waals surface area contributed by atoms with Gasteiger partial charge in [0, 0.05) is 17.6 Å². The van der Waals surface area contributed by atoms with E-state index in [-0.39, 0.29) is 5.75 Å². The first-order valence-corrected chi connectivity index (χ1v) is 4.16. The molecule has 0 fully saturated rings. The summed E-state index contributed by atoms with van der Waals surface area (Å²) in [5.41, 5.74) is 0.733. The molecule has 0 aliphatic carbocycles. The zero-order valence-corrected chi connectivity index (χ0v) is 7.62. The Morgan fingerprint density at radius 2 is 2.17 bits per heavy atom. The highest BCUT2D eigenvalue weighted by Gasteiger charge is 1.97. The fraction of sp³-hybridized carbons (Fsp3) is 0. The molecule has 0 aliphatic rings. The summed E-state index contributed by atoms with van der Waals surface area (Å²) in [5, 5.41) is 10.1. The van der Waals surface area contributed by atoms with Crippen LogP contribution in [0.1, 0.15) is 0 Å². The Balaban J connectivity index is 2.80. The highest BCUT2D eigenvalue weighted by molar-refractivity contribution is 9.10. The average molecular weight is 225 g/mol. The number of nitrogens with zero attached hydrogens (tertiary/aromatic N) is 2. The van der Waals surface area contributed by atoms with E-state index in [0.717, 1.165) is 10.9 Å². The normalized spacial score (nSPS) is 10.4. The summed E-state index contributed by atoms with van der Waals surface area (Å²) in [6.45, 7) is 0. The predicted octanol–water partition coefficient (Wildman–Crippen LogP) is 2.10. The molecule has 1 heterocycles. The lowest BCUT2D eigenvalue weighted by molar-refractivity contribution is 0.476. The maximum Gasteiger partial charge on any atom is 0.197 e. The number of fused-ring (bicyclic) bond motifs is 1. The molecule has 0 saturated heterocycles. The average Bonchev–Trinajstić information content (AvgIpc) is 2.03. The first-order valence-electron chi connectivity index (χ1n) is 3.37. The minimum atomic E-state index is 0.216. The fourth-order valence-electron chi connectivity index (χ4n) is 0.989. The monoisotopic (exact) mass is 224 g/mol. The summed E-state index contributed by atoms with van der Waals surface area (Å²) < 4.78 is 0.528. The van der Waals surface area contributed by atoms with Gasteiger partial charge in [0.25, 0.3) is 0 Å². The van der Waals surface area contributed by atoms with Gasteiger partial charge in [-0.05, 0) is 28.1 Å². The van der Waals surface area contributed by atoms with Gasteiger partial charge in [0.05, 0.1) is 5.52 Å². The van der Waals surface area contributed by atoms with Crippen LogP contribution in [0.25, 0.3) is 10.9 Å². The van der Waals surface area contributed by atoms with Gasteiger partial charge in [0.2, 0.25) is 0 Å². The molecule has 12 heavy (non-hydrogen) atoms. The molecule has 0 saturated carbocycles. The molecule has 2 rings (SSSR count). The van der Waals surface area contributed by atoms with Crippen LogP contribution in [-0.2, 0) is 0 Å². The maximum absolute atomic E-state index is 9.15. The minimum Gasteiger partial charge on any atom is -0.508 e. The Bertz CT molecular complexity index is 394. The van der Waals surface area contributed by atoms with Crippen LogP contribution in [0.2, 0.25) is 0 Å². The lowest BCUT2D eigenvalue weighted by atomic mass is 10.2. The third-order valence-electron chi connectivity index (χ3n) is 1.54. The molecule has 0 spiro atoms. The molecular formula is C8H5BrN2O. The van der Waals surface area contributed by atoms with E-state index < -0.39 is 0 Å². The van der Waals surface area contributed by atoms with Crippen molar-refractivity contribution >= 4 is 26.8 Å². The second-order valence-corrected chi connectivity index (χ2v) is 3.09. The number of hydrogen-bond acceptors (Lipinski definition) is 3. The van der Waals surface area contributed by atoms with Crippen LogP contribution in [-0.4, -0.2) is 15.1 Å². The summed E-state index contributed by atoms with van der Waals surface area (Å²) in [7, 11) is 0. The third kappa shape index (κ3) is 1.25. The van der Waals surface area contributed by atoms with Gasteiger partial charge < -0.3 is 5.11 Å². The molecule has 1 aromatic carbocycles. The van der Waals surface area contributed by atoms with E-state index in [1.807, 2.05) is 0 Å². The Labute approximate surface area is 77.2 Å². The largest absolute Gasteiger partial charge is 0.508 e. The molecule has 2 aromatic rings. The molecule has 0 bridgehead atoms. The lowest BCUT2D eigenvalue weighted by Crippen LogP contribution is -1.83. The zero-order valence-electron chi connectivity index (χ0n) is 6.03. The smallest absolute Gasteiger partial charge is 0.197 e. The topological polar surface area (TPSA) is 46.0 Å². The summed E-state index contributed by atoms with van der Waals surface area (Å²) in [6, 6.07) is 4.98. The van der Waals surface area contributed by atoms with Crippen molar-refractivity contribution in [1.29, 1.82) is 0 Å². The van der Waals surface area contributed by atoms with E-state index in [1.54, 1.807) is 24.4 Å². The van der Waals surface area contributed by atoms with Crippen molar-refractivity contribution < 1.29 is 5.11 Å². The predicted molar refractivity (Wildman–Crippen MR) is 48.9 cm³/mol. The quantitative estimate of drug-likeness (QED) is 0.698. The number of benzene rings is 1. The number of phenols is 1. The number of aromatic nitrogens is 2. The van der Waals surface area contributed by atoms with Gasteiger partial charge >= 0.3 is 0 Å². The second-order valence-electron chi connectivity index (χ2n) is 2.38. The standard InChI is InChI=1S/C8H5BrN2O/c9-8-10-4-5-1-2-6(12)3-7(5)11-8/h1-4,12H. The van der Waals surface area contributed by atoms with Crippen LogP contribution in [0.4, 0.5) is 0 Å². The van der Waals surface area contributed by atoms with Crippen molar-refractivity contribution in [2.75, 3.05) is 0 Å². The molecule has 0 unspecified atom stereocenters. The molecule has 60 valence electrons. The van der Waals surface area contributed by atoms with E-state index in [9.17, 15) is 0 Å². The molecule has 0 atom stereocenters. The van der Waals surface area contributed by atoms with Crippen molar-refractivity contribution in [3.8, 4) is 5.75 Å². The minimum absolute atomic E-state index is 0.216. The molecule has 1 N–H and O–H groups in total. The fourth-order valence-corrected chi connectivity index (χ4v) is 1.28. The van der Waals surface area contributed by atoms with Crippen molar-refractivity contribution in [3.63, 3.8) is 0 Å². The molecule has 0 amide bonds. The summed E-state index contributed by atoms with van der Waals surface area (Å²) in [6.07, 6.45) is 1.70. The van der Waals surface area contributed by atoms with Gasteiger partial charge in [-0.2, -0.15) is 0 Å². The Hall–Kier alpha value is -1.16. The van der Waals surface area contributed by atoms with Gasteiger partial charge in [-0.1, -0.05) is 0 Å². The van der Waals surface area contributed by atoms with E-state index in [4.69, 9.17) is 5.11 Å². The number of aromatic hydroxyl groups is 1. The Morgan fingerprint density at radius 1 is 1.33 bits per heavy atom. The van der Waals surface area contributed by atoms with Crippen LogP contribution in [0.15, 0.2) is 29.1 Å². The molecule has 3 nitrogen and oxygen atoms in total. The molecule has 0 aliphatic heterocycles. The number of hydrogen-bond donors (Lipinski definition) is 1. The van der Waals surface area contributed by atoms with E-state index in [0.29, 0.717) is 4.73 Å². The second kappa shape index (κ2) is 2.71. The van der Waals surface area contributed by atoms with Crippen molar-refractivity contribution in [3.05, 3.63) is 29.1 Å². The molecular weight excluding hydrogens is 220 g/mol. The highest BCUT2D eigenvalue weighted by Crippen LogP contribution is 2.18. The van der Waals surface area contributed by atoms with Gasteiger partial charge in [0.15, 0.2) is 4.73 Å². The van der Waals surface area contributed by atoms with Gasteiger partial charge in [0.1, 0.15) is 5.75 Å². The first kappa shape index (κ1) is 7.49. The van der Waals surface area contributed by atoms with Crippen LogP contribution in [0, 0.1) is 0 Å². The number of phenolic OH excluding ortho intramolecular Hbond substituents is 1. The Kier molecular flexibility index (Phi) is 1.69. The summed E-state index contributed by atoms with van der Waals surface area (Å²) in [5.74, 6) is 0.216. The van der Waals surface area contributed by atoms with Gasteiger partial charge in [-0.15, -0.1) is 0 Å². The van der Waals surface area contributed by atoms with Crippen molar-refractivity contribution in [2.45, 2.75) is 0 Å². The summed E-state index contributed by atoms with van der Waals surface area (Å²) >= 11 is 3.15. The maximum atomic E-state index is 9.15. The SMILES string of the molecule is Oc1ccc2cnc(Br)nc2c1. The van der Waals surface area contributed by atoms with Gasteiger partial charge in [-0.25, -0.2) is 9.97 Å². The van der Waals surface area contributed by atoms with Crippen molar-refractivity contribution in [1.82, 2.24) is 9.97 Å². The van der Waals surface area contributed by atoms with Crippen LogP contribution in [0.3, 0.4) is 0 Å². The zero-order chi connectivity index (χ0) is 8.55.